The van der Waals surface area contributed by atoms with Crippen LogP contribution in [0.3, 0.4) is 0 Å². The molecule has 146 valence electrons. The van der Waals surface area contributed by atoms with E-state index in [1.54, 1.807) is 7.11 Å². The number of ether oxygens (including phenoxy) is 1. The van der Waals surface area contributed by atoms with Crippen LogP contribution in [0.25, 0.3) is 0 Å². The van der Waals surface area contributed by atoms with Gasteiger partial charge >= 0.3 is 0 Å². The van der Waals surface area contributed by atoms with Crippen LogP contribution in [0.15, 0.2) is 24.3 Å². The first-order valence-corrected chi connectivity index (χ1v) is 9.72. The number of halogens is 1. The molecule has 1 amide bonds. The first kappa shape index (κ1) is 21.0. The van der Waals surface area contributed by atoms with Gasteiger partial charge in [0.1, 0.15) is 5.75 Å². The quantitative estimate of drug-likeness (QED) is 0.757. The van der Waals surface area contributed by atoms with Gasteiger partial charge in [-0.25, -0.2) is 0 Å². The average Bonchev–Trinajstić information content (AvgIpc) is 2.93. The molecule has 2 saturated heterocycles. The second kappa shape index (κ2) is 9.61. The second-order valence-electron chi connectivity index (χ2n) is 8.11. The molecular formula is C21H33ClN2O2. The van der Waals surface area contributed by atoms with Gasteiger partial charge < -0.3 is 15.4 Å². The highest BCUT2D eigenvalue weighted by atomic mass is 35.5. The van der Waals surface area contributed by atoms with Crippen LogP contribution < -0.4 is 15.4 Å². The Bertz CT molecular complexity index is 581. The van der Waals surface area contributed by atoms with E-state index in [1.165, 1.54) is 12.8 Å². The van der Waals surface area contributed by atoms with E-state index in [9.17, 15) is 4.79 Å². The molecular weight excluding hydrogens is 348 g/mol. The summed E-state index contributed by atoms with van der Waals surface area (Å²) in [5.74, 6) is 2.04. The molecule has 3 unspecified atom stereocenters. The van der Waals surface area contributed by atoms with Gasteiger partial charge in [-0.05, 0) is 55.6 Å². The Morgan fingerprint density at radius 3 is 2.50 bits per heavy atom. The van der Waals surface area contributed by atoms with Crippen molar-refractivity contribution >= 4 is 18.3 Å². The molecule has 3 atom stereocenters. The van der Waals surface area contributed by atoms with Gasteiger partial charge in [0.05, 0.1) is 7.11 Å². The van der Waals surface area contributed by atoms with E-state index in [2.05, 4.69) is 30.5 Å². The van der Waals surface area contributed by atoms with E-state index in [1.807, 2.05) is 18.2 Å². The number of nitrogens with one attached hydrogen (secondary N) is 2. The molecule has 2 fully saturated rings. The largest absolute Gasteiger partial charge is 0.496 e. The zero-order valence-electron chi connectivity index (χ0n) is 16.2. The molecule has 0 aliphatic carbocycles. The van der Waals surface area contributed by atoms with Gasteiger partial charge in [-0.15, -0.1) is 12.4 Å². The van der Waals surface area contributed by atoms with Crippen molar-refractivity contribution in [3.05, 3.63) is 29.8 Å². The Balaban J connectivity index is 0.00000243. The third kappa shape index (κ3) is 5.37. The maximum absolute atomic E-state index is 12.6. The minimum Gasteiger partial charge on any atom is -0.496 e. The van der Waals surface area contributed by atoms with Crippen molar-refractivity contribution in [3.8, 4) is 5.75 Å². The number of hydrogen-bond donors (Lipinski definition) is 2. The topological polar surface area (TPSA) is 50.4 Å². The zero-order valence-corrected chi connectivity index (χ0v) is 17.0. The van der Waals surface area contributed by atoms with Crippen molar-refractivity contribution in [2.75, 3.05) is 7.11 Å². The maximum atomic E-state index is 12.6. The lowest BCUT2D eigenvalue weighted by Crippen LogP contribution is -2.43. The molecule has 1 aromatic carbocycles. The highest BCUT2D eigenvalue weighted by Crippen LogP contribution is 2.32. The summed E-state index contributed by atoms with van der Waals surface area (Å²) in [6.07, 6.45) is 6.36. The number of piperidine rings is 1. The fourth-order valence-corrected chi connectivity index (χ4v) is 4.43. The molecule has 0 spiro atoms. The fraction of sp³-hybridized carbons (Fsp3) is 0.667. The predicted molar refractivity (Wildman–Crippen MR) is 108 cm³/mol. The van der Waals surface area contributed by atoms with E-state index in [-0.39, 0.29) is 24.4 Å². The van der Waals surface area contributed by atoms with Crippen molar-refractivity contribution in [2.45, 2.75) is 70.5 Å². The summed E-state index contributed by atoms with van der Waals surface area (Å²) in [4.78, 5) is 12.6. The van der Waals surface area contributed by atoms with Gasteiger partial charge in [0.2, 0.25) is 5.91 Å². The van der Waals surface area contributed by atoms with Crippen molar-refractivity contribution in [3.63, 3.8) is 0 Å². The normalized spacial score (nSPS) is 25.5. The Labute approximate surface area is 163 Å². The van der Waals surface area contributed by atoms with Gasteiger partial charge in [0, 0.05) is 24.5 Å². The summed E-state index contributed by atoms with van der Waals surface area (Å²) >= 11 is 0. The van der Waals surface area contributed by atoms with E-state index in [4.69, 9.17) is 4.74 Å². The number of methoxy groups -OCH3 is 1. The molecule has 3 rings (SSSR count). The molecule has 0 aromatic heterocycles. The van der Waals surface area contributed by atoms with E-state index < -0.39 is 0 Å². The Hall–Kier alpha value is -1.26. The third-order valence-corrected chi connectivity index (χ3v) is 5.83. The van der Waals surface area contributed by atoms with Crippen molar-refractivity contribution in [2.24, 2.45) is 11.8 Å². The highest BCUT2D eigenvalue weighted by Gasteiger charge is 2.34. The van der Waals surface area contributed by atoms with Crippen LogP contribution in [0.1, 0.15) is 51.5 Å². The Morgan fingerprint density at radius 1 is 1.23 bits per heavy atom. The number of carbonyl (C=O) groups excluding carboxylic acids is 1. The molecule has 5 heteroatoms. The van der Waals surface area contributed by atoms with E-state index >= 15 is 0 Å². The second-order valence-corrected chi connectivity index (χ2v) is 8.11. The SMILES string of the molecule is COc1ccccc1CC(NC(=O)CC1CC2CCC(C1)N2)C(C)C.Cl. The molecule has 4 nitrogen and oxygen atoms in total. The molecule has 2 heterocycles. The number of benzene rings is 1. The minimum absolute atomic E-state index is 0. The fourth-order valence-electron chi connectivity index (χ4n) is 4.43. The Kier molecular flexibility index (Phi) is 7.78. The van der Waals surface area contributed by atoms with Gasteiger partial charge in [-0.3, -0.25) is 4.79 Å². The van der Waals surface area contributed by atoms with Crippen molar-refractivity contribution < 1.29 is 9.53 Å². The van der Waals surface area contributed by atoms with Crippen LogP contribution in [0, 0.1) is 11.8 Å². The Morgan fingerprint density at radius 2 is 1.88 bits per heavy atom. The number of para-hydroxylation sites is 1. The first-order chi connectivity index (χ1) is 12.0. The van der Waals surface area contributed by atoms with Gasteiger partial charge in [0.25, 0.3) is 0 Å². The molecule has 26 heavy (non-hydrogen) atoms. The first-order valence-electron chi connectivity index (χ1n) is 9.72. The standard InChI is InChI=1S/C21H32N2O2.ClH/c1-14(2)19(13-16-6-4-5-7-20(16)25-3)23-21(24)12-15-10-17-8-9-18(11-15)22-17;/h4-7,14-15,17-19,22H,8-13H2,1-3H3,(H,23,24);1H. The molecule has 2 aliphatic rings. The molecule has 2 bridgehead atoms. The summed E-state index contributed by atoms with van der Waals surface area (Å²) in [7, 11) is 1.70. The lowest BCUT2D eigenvalue weighted by Gasteiger charge is -2.30. The minimum atomic E-state index is 0. The lowest BCUT2D eigenvalue weighted by atomic mass is 9.89. The number of carbonyl (C=O) groups is 1. The lowest BCUT2D eigenvalue weighted by molar-refractivity contribution is -0.123. The maximum Gasteiger partial charge on any atom is 0.220 e. The van der Waals surface area contributed by atoms with Gasteiger partial charge in [-0.1, -0.05) is 32.0 Å². The molecule has 0 radical (unpaired) electrons. The van der Waals surface area contributed by atoms with Gasteiger partial charge in [-0.2, -0.15) is 0 Å². The van der Waals surface area contributed by atoms with Crippen molar-refractivity contribution in [1.29, 1.82) is 0 Å². The monoisotopic (exact) mass is 380 g/mol. The average molecular weight is 381 g/mol. The van der Waals surface area contributed by atoms with Crippen LogP contribution in [-0.2, 0) is 11.2 Å². The van der Waals surface area contributed by atoms with Gasteiger partial charge in [0.15, 0.2) is 0 Å². The third-order valence-electron chi connectivity index (χ3n) is 5.83. The number of amides is 1. The smallest absolute Gasteiger partial charge is 0.220 e. The van der Waals surface area contributed by atoms with Crippen LogP contribution in [0.5, 0.6) is 5.75 Å². The van der Waals surface area contributed by atoms with Crippen LogP contribution in [0.4, 0.5) is 0 Å². The zero-order chi connectivity index (χ0) is 17.8. The summed E-state index contributed by atoms with van der Waals surface area (Å²) in [5.41, 5.74) is 1.16. The molecule has 0 saturated carbocycles. The number of fused-ring (bicyclic) bond motifs is 2. The predicted octanol–water partition coefficient (Wildman–Crippen LogP) is 3.72. The van der Waals surface area contributed by atoms with E-state index in [0.29, 0.717) is 30.3 Å². The van der Waals surface area contributed by atoms with Crippen LogP contribution >= 0.6 is 12.4 Å². The molecule has 2 N–H and O–H groups in total. The summed E-state index contributed by atoms with van der Waals surface area (Å²) < 4.78 is 5.46. The summed E-state index contributed by atoms with van der Waals surface area (Å²) in [6.45, 7) is 4.34. The molecule has 2 aliphatic heterocycles. The number of hydrogen-bond acceptors (Lipinski definition) is 3. The summed E-state index contributed by atoms with van der Waals surface area (Å²) in [6, 6.07) is 9.52. The highest BCUT2D eigenvalue weighted by molar-refractivity contribution is 5.85. The summed E-state index contributed by atoms with van der Waals surface area (Å²) in [5, 5.41) is 6.95. The van der Waals surface area contributed by atoms with Crippen LogP contribution in [-0.4, -0.2) is 31.1 Å². The number of rotatable bonds is 7. The molecule has 1 aromatic rings. The van der Waals surface area contributed by atoms with E-state index in [0.717, 1.165) is 30.6 Å². The van der Waals surface area contributed by atoms with Crippen LogP contribution in [0.2, 0.25) is 0 Å². The van der Waals surface area contributed by atoms with Crippen molar-refractivity contribution in [1.82, 2.24) is 10.6 Å².